The first-order valence-electron chi connectivity index (χ1n) is 10.3. The van der Waals surface area contributed by atoms with Crippen LogP contribution in [0.25, 0.3) is 27.8 Å². The van der Waals surface area contributed by atoms with E-state index in [4.69, 9.17) is 5.73 Å². The highest BCUT2D eigenvalue weighted by atomic mass is 19.4. The molecule has 9 nitrogen and oxygen atoms in total. The molecule has 1 aromatic carbocycles. The summed E-state index contributed by atoms with van der Waals surface area (Å²) >= 11 is 0. The molecule has 178 valence electrons. The van der Waals surface area contributed by atoms with E-state index in [0.29, 0.717) is 33.5 Å². The van der Waals surface area contributed by atoms with E-state index < -0.39 is 23.9 Å². The molecule has 5 rings (SSSR count). The Labute approximate surface area is 195 Å². The third kappa shape index (κ3) is 3.74. The van der Waals surface area contributed by atoms with Crippen molar-refractivity contribution in [2.75, 3.05) is 5.73 Å². The van der Waals surface area contributed by atoms with Gasteiger partial charge in [-0.25, -0.2) is 29.0 Å². The van der Waals surface area contributed by atoms with Crippen LogP contribution in [0.3, 0.4) is 0 Å². The van der Waals surface area contributed by atoms with E-state index in [1.54, 1.807) is 35.9 Å². The van der Waals surface area contributed by atoms with Crippen LogP contribution in [0.15, 0.2) is 49.2 Å². The van der Waals surface area contributed by atoms with Crippen molar-refractivity contribution >= 4 is 16.9 Å². The third-order valence-electron chi connectivity index (χ3n) is 5.68. The van der Waals surface area contributed by atoms with Crippen LogP contribution >= 0.6 is 0 Å². The molecule has 0 aliphatic carbocycles. The van der Waals surface area contributed by atoms with E-state index in [-0.39, 0.29) is 11.5 Å². The number of anilines is 1. The molecule has 13 heteroatoms. The minimum atomic E-state index is -4.66. The maximum absolute atomic E-state index is 14.3. The lowest BCUT2D eigenvalue weighted by atomic mass is 10.1. The van der Waals surface area contributed by atoms with Gasteiger partial charge < -0.3 is 10.3 Å². The van der Waals surface area contributed by atoms with Gasteiger partial charge in [0.15, 0.2) is 0 Å². The van der Waals surface area contributed by atoms with Crippen LogP contribution < -0.4 is 5.73 Å². The Morgan fingerprint density at radius 2 is 1.74 bits per heavy atom. The number of aromatic nitrogens is 8. The molecule has 1 atom stereocenters. The number of benzene rings is 1. The minimum Gasteiger partial charge on any atom is -0.383 e. The second-order valence-corrected chi connectivity index (χ2v) is 7.80. The highest BCUT2D eigenvalue weighted by Crippen LogP contribution is 2.36. The molecule has 0 bridgehead atoms. The SMILES string of the molecule is Cc1c(C(C)n2cc(-c3cnc(C(F)(F)F)nc3)c3c(N)ncnc32)nnn1-c1ccccc1F. The molecule has 0 spiro atoms. The summed E-state index contributed by atoms with van der Waals surface area (Å²) in [5, 5.41) is 8.81. The Morgan fingerprint density at radius 1 is 1.03 bits per heavy atom. The summed E-state index contributed by atoms with van der Waals surface area (Å²) in [5.41, 5.74) is 8.70. The number of nitrogens with zero attached hydrogens (tertiary/aromatic N) is 8. The molecule has 35 heavy (non-hydrogen) atoms. The summed E-state index contributed by atoms with van der Waals surface area (Å²) in [5.74, 6) is -1.55. The van der Waals surface area contributed by atoms with Gasteiger partial charge in [-0.3, -0.25) is 0 Å². The Balaban J connectivity index is 1.62. The van der Waals surface area contributed by atoms with Crippen LogP contribution in [-0.4, -0.2) is 39.5 Å². The van der Waals surface area contributed by atoms with Crippen molar-refractivity contribution in [1.82, 2.24) is 39.5 Å². The number of hydrogen-bond donors (Lipinski definition) is 1. The number of rotatable bonds is 4. The lowest BCUT2D eigenvalue weighted by molar-refractivity contribution is -0.144. The molecule has 0 saturated heterocycles. The van der Waals surface area contributed by atoms with Crippen LogP contribution in [0.4, 0.5) is 23.4 Å². The maximum Gasteiger partial charge on any atom is 0.451 e. The fraction of sp³-hybridized carbons (Fsp3) is 0.182. The number of nitrogen functional groups attached to an aromatic ring is 1. The van der Waals surface area contributed by atoms with Gasteiger partial charge in [0.25, 0.3) is 0 Å². The zero-order valence-electron chi connectivity index (χ0n) is 18.4. The molecule has 0 aliphatic heterocycles. The largest absolute Gasteiger partial charge is 0.451 e. The topological polar surface area (TPSA) is 113 Å². The van der Waals surface area contributed by atoms with Crippen LogP contribution in [0.2, 0.25) is 0 Å². The quantitative estimate of drug-likeness (QED) is 0.383. The molecular formula is C22H17F4N9. The number of halogens is 4. The van der Waals surface area contributed by atoms with Gasteiger partial charge >= 0.3 is 6.18 Å². The van der Waals surface area contributed by atoms with Crippen molar-refractivity contribution in [3.63, 3.8) is 0 Å². The van der Waals surface area contributed by atoms with Gasteiger partial charge in [-0.05, 0) is 26.0 Å². The van der Waals surface area contributed by atoms with Gasteiger partial charge in [-0.2, -0.15) is 13.2 Å². The number of hydrogen-bond acceptors (Lipinski definition) is 7. The number of para-hydroxylation sites is 1. The molecule has 0 aliphatic rings. The number of alkyl halides is 3. The molecule has 4 aromatic heterocycles. The standard InChI is InChI=1S/C22H17F4N9/c1-11(18-12(2)35(33-32-18)16-6-4-3-5-15(16)23)34-9-14(17-19(27)30-10-31-20(17)34)13-7-28-21(29-8-13)22(24,25)26/h3-11H,1-2H3,(H2,27,30,31). The van der Waals surface area contributed by atoms with Gasteiger partial charge in [0, 0.05) is 29.7 Å². The predicted octanol–water partition coefficient (Wildman–Crippen LogP) is 4.13. The average Bonchev–Trinajstić information content (AvgIpc) is 3.40. The van der Waals surface area contributed by atoms with E-state index in [0.717, 1.165) is 12.4 Å². The molecular weight excluding hydrogens is 466 g/mol. The first-order valence-corrected chi connectivity index (χ1v) is 10.3. The number of nitrogens with two attached hydrogens (primary N) is 1. The van der Waals surface area contributed by atoms with E-state index in [9.17, 15) is 17.6 Å². The second kappa shape index (κ2) is 8.11. The molecule has 0 amide bonds. The molecule has 2 N–H and O–H groups in total. The fourth-order valence-corrected chi connectivity index (χ4v) is 3.95. The van der Waals surface area contributed by atoms with Crippen molar-refractivity contribution in [1.29, 1.82) is 0 Å². The van der Waals surface area contributed by atoms with Crippen LogP contribution in [0, 0.1) is 12.7 Å². The first-order chi connectivity index (χ1) is 16.7. The Kier molecular flexibility index (Phi) is 5.19. The highest BCUT2D eigenvalue weighted by molar-refractivity contribution is 6.00. The summed E-state index contributed by atoms with van der Waals surface area (Å²) in [6, 6.07) is 5.75. The zero-order valence-corrected chi connectivity index (χ0v) is 18.4. The Hall–Kier alpha value is -4.42. The van der Waals surface area contributed by atoms with E-state index in [2.05, 4.69) is 30.2 Å². The molecule has 0 saturated carbocycles. The van der Waals surface area contributed by atoms with Crippen molar-refractivity contribution in [2.24, 2.45) is 0 Å². The zero-order chi connectivity index (χ0) is 24.9. The maximum atomic E-state index is 14.3. The van der Waals surface area contributed by atoms with Crippen LogP contribution in [-0.2, 0) is 6.18 Å². The van der Waals surface area contributed by atoms with Gasteiger partial charge in [0.1, 0.15) is 35.0 Å². The fourth-order valence-electron chi connectivity index (χ4n) is 3.95. The summed E-state index contributed by atoms with van der Waals surface area (Å²) in [4.78, 5) is 15.3. The van der Waals surface area contributed by atoms with Gasteiger partial charge in [0.05, 0.1) is 17.1 Å². The lowest BCUT2D eigenvalue weighted by Crippen LogP contribution is -2.10. The predicted molar refractivity (Wildman–Crippen MR) is 118 cm³/mol. The van der Waals surface area contributed by atoms with Crippen molar-refractivity contribution < 1.29 is 17.6 Å². The first kappa shape index (κ1) is 22.4. The normalized spacial score (nSPS) is 12.9. The Morgan fingerprint density at radius 3 is 2.43 bits per heavy atom. The van der Waals surface area contributed by atoms with E-state index in [1.807, 2.05) is 6.92 Å². The van der Waals surface area contributed by atoms with E-state index >= 15 is 0 Å². The molecule has 0 fully saturated rings. The lowest BCUT2D eigenvalue weighted by Gasteiger charge is -2.13. The second-order valence-electron chi connectivity index (χ2n) is 7.80. The monoisotopic (exact) mass is 483 g/mol. The minimum absolute atomic E-state index is 0.141. The molecule has 5 aromatic rings. The van der Waals surface area contributed by atoms with Crippen LogP contribution in [0.5, 0.6) is 0 Å². The van der Waals surface area contributed by atoms with E-state index in [1.165, 1.54) is 17.1 Å². The Bertz CT molecular complexity index is 1540. The third-order valence-corrected chi connectivity index (χ3v) is 5.68. The molecule has 4 heterocycles. The van der Waals surface area contributed by atoms with Crippen LogP contribution in [0.1, 0.15) is 30.2 Å². The van der Waals surface area contributed by atoms with Crippen molar-refractivity contribution in [3.05, 3.63) is 72.2 Å². The summed E-state index contributed by atoms with van der Waals surface area (Å²) in [6.45, 7) is 3.60. The van der Waals surface area contributed by atoms with Gasteiger partial charge in [-0.15, -0.1) is 5.10 Å². The highest BCUT2D eigenvalue weighted by Gasteiger charge is 2.34. The molecule has 1 unspecified atom stereocenters. The summed E-state index contributed by atoms with van der Waals surface area (Å²) < 4.78 is 56.2. The van der Waals surface area contributed by atoms with Crippen molar-refractivity contribution in [3.8, 4) is 16.8 Å². The summed E-state index contributed by atoms with van der Waals surface area (Å²) in [7, 11) is 0. The number of fused-ring (bicyclic) bond motifs is 1. The van der Waals surface area contributed by atoms with Crippen molar-refractivity contribution in [2.45, 2.75) is 26.1 Å². The average molecular weight is 483 g/mol. The van der Waals surface area contributed by atoms with Gasteiger partial charge in [-0.1, -0.05) is 17.3 Å². The smallest absolute Gasteiger partial charge is 0.383 e. The molecule has 0 radical (unpaired) electrons. The summed E-state index contributed by atoms with van der Waals surface area (Å²) in [6.07, 6.45) is 0.452. The van der Waals surface area contributed by atoms with Gasteiger partial charge in [0.2, 0.25) is 5.82 Å².